The molecular weight excluding hydrogens is 412 g/mol. The number of rotatable bonds is 10. The molecule has 0 aromatic heterocycles. The second-order valence-electron chi connectivity index (χ2n) is 6.96. The summed E-state index contributed by atoms with van der Waals surface area (Å²) in [5.74, 6) is -1.45. The van der Waals surface area contributed by atoms with Gasteiger partial charge in [-0.1, -0.05) is 24.3 Å². The Morgan fingerprint density at radius 3 is 2.62 bits per heavy atom. The van der Waals surface area contributed by atoms with Crippen LogP contribution in [0.3, 0.4) is 0 Å². The minimum Gasteiger partial charge on any atom is -0.484 e. The highest BCUT2D eigenvalue weighted by Crippen LogP contribution is 2.18. The van der Waals surface area contributed by atoms with Crippen molar-refractivity contribution in [3.63, 3.8) is 0 Å². The largest absolute Gasteiger partial charge is 0.484 e. The Morgan fingerprint density at radius 2 is 1.84 bits per heavy atom. The number of nitrogens with one attached hydrogen (secondary N) is 3. The topological polar surface area (TPSA) is 118 Å². The van der Waals surface area contributed by atoms with Crippen molar-refractivity contribution in [2.75, 3.05) is 32.2 Å². The van der Waals surface area contributed by atoms with E-state index in [2.05, 4.69) is 21.2 Å². The van der Waals surface area contributed by atoms with Gasteiger partial charge in [-0.2, -0.15) is 5.10 Å². The average molecular weight is 441 g/mol. The Hall–Kier alpha value is -3.72. The maximum absolute atomic E-state index is 12.2. The predicted molar refractivity (Wildman–Crippen MR) is 122 cm³/mol. The van der Waals surface area contributed by atoms with Crippen LogP contribution in [0.4, 0.5) is 5.69 Å². The van der Waals surface area contributed by atoms with Crippen molar-refractivity contribution in [3.05, 3.63) is 59.2 Å². The SMILES string of the molecule is COCCCNC(=O)C(=O)N/N=C\c1cccc(OCC(=O)Nc2cccc(C)c2C)c1. The Kier molecular flexibility index (Phi) is 9.86. The van der Waals surface area contributed by atoms with E-state index in [1.54, 1.807) is 31.4 Å². The molecule has 0 heterocycles. The lowest BCUT2D eigenvalue weighted by Crippen LogP contribution is -2.38. The van der Waals surface area contributed by atoms with Crippen LogP contribution in [0.25, 0.3) is 0 Å². The quantitative estimate of drug-likeness (QED) is 0.226. The molecule has 0 spiro atoms. The monoisotopic (exact) mass is 440 g/mol. The first-order chi connectivity index (χ1) is 15.4. The highest BCUT2D eigenvalue weighted by atomic mass is 16.5. The summed E-state index contributed by atoms with van der Waals surface area (Å²) in [4.78, 5) is 35.5. The molecule has 9 heteroatoms. The van der Waals surface area contributed by atoms with Crippen LogP contribution >= 0.6 is 0 Å². The molecule has 2 rings (SSSR count). The van der Waals surface area contributed by atoms with E-state index < -0.39 is 11.8 Å². The van der Waals surface area contributed by atoms with Crippen molar-refractivity contribution in [2.45, 2.75) is 20.3 Å². The van der Waals surface area contributed by atoms with E-state index in [4.69, 9.17) is 9.47 Å². The molecule has 0 fully saturated rings. The van der Waals surface area contributed by atoms with Gasteiger partial charge in [-0.3, -0.25) is 14.4 Å². The second kappa shape index (κ2) is 12.9. The van der Waals surface area contributed by atoms with Gasteiger partial charge in [-0.05, 0) is 55.2 Å². The molecule has 3 N–H and O–H groups in total. The average Bonchev–Trinajstić information content (AvgIpc) is 2.78. The standard InChI is InChI=1S/C23H28N4O5/c1-16-7-4-10-20(17(16)2)26-21(28)15-32-19-9-5-8-18(13-19)14-25-27-23(30)22(29)24-11-6-12-31-3/h4-5,7-10,13-14H,6,11-12,15H2,1-3H3,(H,24,29)(H,26,28)(H,27,30)/b25-14-. The van der Waals surface area contributed by atoms with Gasteiger partial charge in [0, 0.05) is 25.9 Å². The molecule has 0 atom stereocenters. The number of nitrogens with zero attached hydrogens (tertiary/aromatic N) is 1. The van der Waals surface area contributed by atoms with Gasteiger partial charge in [-0.25, -0.2) is 5.43 Å². The van der Waals surface area contributed by atoms with Gasteiger partial charge < -0.3 is 20.1 Å². The molecule has 2 aromatic rings. The normalized spacial score (nSPS) is 10.6. The number of methoxy groups -OCH3 is 1. The van der Waals surface area contributed by atoms with Crippen molar-refractivity contribution in [3.8, 4) is 5.75 Å². The number of hydrazone groups is 1. The van der Waals surface area contributed by atoms with Crippen LogP contribution < -0.4 is 20.8 Å². The number of carbonyl (C=O) groups is 3. The lowest BCUT2D eigenvalue weighted by molar-refractivity contribution is -0.139. The summed E-state index contributed by atoms with van der Waals surface area (Å²) in [6.45, 7) is 4.59. The zero-order valence-corrected chi connectivity index (χ0v) is 18.4. The van der Waals surface area contributed by atoms with Crippen molar-refractivity contribution < 1.29 is 23.9 Å². The summed E-state index contributed by atoms with van der Waals surface area (Å²) >= 11 is 0. The minimum absolute atomic E-state index is 0.159. The number of hydrogen-bond donors (Lipinski definition) is 3. The van der Waals surface area contributed by atoms with Gasteiger partial charge in [0.1, 0.15) is 5.75 Å². The third kappa shape index (κ3) is 8.19. The smallest absolute Gasteiger partial charge is 0.329 e. The molecule has 9 nitrogen and oxygen atoms in total. The minimum atomic E-state index is -0.866. The zero-order chi connectivity index (χ0) is 23.3. The molecule has 0 radical (unpaired) electrons. The van der Waals surface area contributed by atoms with E-state index in [9.17, 15) is 14.4 Å². The molecule has 0 unspecified atom stereocenters. The fourth-order valence-electron chi connectivity index (χ4n) is 2.62. The van der Waals surface area contributed by atoms with Crippen LogP contribution in [0.1, 0.15) is 23.1 Å². The van der Waals surface area contributed by atoms with Gasteiger partial charge in [0.05, 0.1) is 6.21 Å². The van der Waals surface area contributed by atoms with E-state index in [1.807, 2.05) is 32.0 Å². The molecule has 0 saturated heterocycles. The highest BCUT2D eigenvalue weighted by molar-refractivity contribution is 6.35. The number of ether oxygens (including phenoxy) is 2. The number of hydrogen-bond acceptors (Lipinski definition) is 6. The summed E-state index contributed by atoms with van der Waals surface area (Å²) in [7, 11) is 1.56. The molecule has 0 aliphatic carbocycles. The molecule has 2 aromatic carbocycles. The summed E-state index contributed by atoms with van der Waals surface area (Å²) in [6.07, 6.45) is 1.98. The molecule has 170 valence electrons. The number of amides is 3. The summed E-state index contributed by atoms with van der Waals surface area (Å²) in [5, 5.41) is 9.07. The third-order valence-electron chi connectivity index (χ3n) is 4.50. The van der Waals surface area contributed by atoms with Crippen molar-refractivity contribution in [1.29, 1.82) is 0 Å². The van der Waals surface area contributed by atoms with Crippen LogP contribution in [-0.4, -0.2) is 50.8 Å². The van der Waals surface area contributed by atoms with Gasteiger partial charge in [0.2, 0.25) is 0 Å². The van der Waals surface area contributed by atoms with E-state index in [0.29, 0.717) is 30.9 Å². The molecular formula is C23H28N4O5. The molecule has 0 saturated carbocycles. The van der Waals surface area contributed by atoms with Gasteiger partial charge in [0.15, 0.2) is 6.61 Å². The zero-order valence-electron chi connectivity index (χ0n) is 18.4. The Labute approximate surface area is 187 Å². The third-order valence-corrected chi connectivity index (χ3v) is 4.50. The maximum atomic E-state index is 12.2. The molecule has 0 aliphatic rings. The second-order valence-corrected chi connectivity index (χ2v) is 6.96. The van der Waals surface area contributed by atoms with Crippen molar-refractivity contribution in [2.24, 2.45) is 5.10 Å². The molecule has 0 bridgehead atoms. The van der Waals surface area contributed by atoms with Crippen LogP contribution in [0.2, 0.25) is 0 Å². The summed E-state index contributed by atoms with van der Waals surface area (Å²) < 4.78 is 10.4. The van der Waals surface area contributed by atoms with Gasteiger partial charge in [0.25, 0.3) is 5.91 Å². The molecule has 32 heavy (non-hydrogen) atoms. The van der Waals surface area contributed by atoms with E-state index in [1.165, 1.54) is 6.21 Å². The Bertz CT molecular complexity index is 975. The van der Waals surface area contributed by atoms with Crippen LogP contribution in [0.5, 0.6) is 5.75 Å². The van der Waals surface area contributed by atoms with Crippen molar-refractivity contribution in [1.82, 2.24) is 10.7 Å². The Balaban J connectivity index is 1.81. The first-order valence-electron chi connectivity index (χ1n) is 10.1. The fourth-order valence-corrected chi connectivity index (χ4v) is 2.62. The highest BCUT2D eigenvalue weighted by Gasteiger charge is 2.11. The number of anilines is 1. The van der Waals surface area contributed by atoms with Crippen molar-refractivity contribution >= 4 is 29.6 Å². The number of aryl methyl sites for hydroxylation is 1. The Morgan fingerprint density at radius 1 is 1.06 bits per heavy atom. The fraction of sp³-hybridized carbons (Fsp3) is 0.304. The van der Waals surface area contributed by atoms with Crippen LogP contribution in [0, 0.1) is 13.8 Å². The summed E-state index contributed by atoms with van der Waals surface area (Å²) in [5.41, 5.74) is 5.63. The predicted octanol–water partition coefficient (Wildman–Crippen LogP) is 1.92. The number of benzene rings is 2. The first-order valence-corrected chi connectivity index (χ1v) is 10.1. The molecule has 3 amide bonds. The lowest BCUT2D eigenvalue weighted by atomic mass is 10.1. The van der Waals surface area contributed by atoms with E-state index in [0.717, 1.165) is 16.8 Å². The first kappa shape index (κ1) is 24.5. The van der Waals surface area contributed by atoms with Gasteiger partial charge in [-0.15, -0.1) is 0 Å². The summed E-state index contributed by atoms with van der Waals surface area (Å²) in [6, 6.07) is 12.5. The molecule has 0 aliphatic heterocycles. The van der Waals surface area contributed by atoms with Gasteiger partial charge >= 0.3 is 11.8 Å². The number of carbonyl (C=O) groups excluding carboxylic acids is 3. The van der Waals surface area contributed by atoms with Crippen LogP contribution in [-0.2, 0) is 19.1 Å². The maximum Gasteiger partial charge on any atom is 0.329 e. The van der Waals surface area contributed by atoms with E-state index >= 15 is 0 Å². The van der Waals surface area contributed by atoms with E-state index in [-0.39, 0.29) is 12.5 Å². The lowest BCUT2D eigenvalue weighted by Gasteiger charge is -2.11. The van der Waals surface area contributed by atoms with Crippen LogP contribution in [0.15, 0.2) is 47.6 Å².